The average molecular weight is 235 g/mol. The van der Waals surface area contributed by atoms with Crippen LogP contribution in [0, 0.1) is 10.1 Å². The molecule has 1 fully saturated rings. The molecule has 17 heavy (non-hydrogen) atoms. The Balaban J connectivity index is 2.40. The normalized spacial score (nSPS) is 19.4. The fourth-order valence-electron chi connectivity index (χ4n) is 1.60. The second-order valence-corrected chi connectivity index (χ2v) is 3.62. The number of urea groups is 1. The number of anilines is 1. The Kier molecular flexibility index (Phi) is 2.51. The number of nitrogens with zero attached hydrogens (tertiary/aromatic N) is 2. The van der Waals surface area contributed by atoms with E-state index in [2.05, 4.69) is 5.32 Å². The quantitative estimate of drug-likeness (QED) is 0.471. The highest BCUT2D eigenvalue weighted by Crippen LogP contribution is 2.23. The molecule has 1 aromatic rings. The number of rotatable bonds is 2. The molecule has 1 N–H and O–H groups in total. The van der Waals surface area contributed by atoms with Gasteiger partial charge in [-0.2, -0.15) is 0 Å². The van der Waals surface area contributed by atoms with Crippen molar-refractivity contribution in [2.75, 3.05) is 4.90 Å². The third-order valence-electron chi connectivity index (χ3n) is 2.43. The van der Waals surface area contributed by atoms with Crippen LogP contribution in [0.3, 0.4) is 0 Å². The minimum Gasteiger partial charge on any atom is -0.326 e. The fraction of sp³-hybridized carbons (Fsp3) is 0.200. The number of nitro groups is 1. The molecule has 2 rings (SSSR count). The van der Waals surface area contributed by atoms with Crippen LogP contribution in [0.2, 0.25) is 0 Å². The van der Waals surface area contributed by atoms with E-state index in [-0.39, 0.29) is 11.4 Å². The van der Waals surface area contributed by atoms with Gasteiger partial charge in [-0.15, -0.1) is 0 Å². The Morgan fingerprint density at radius 3 is 2.65 bits per heavy atom. The van der Waals surface area contributed by atoms with Crippen LogP contribution in [0.5, 0.6) is 0 Å². The summed E-state index contributed by atoms with van der Waals surface area (Å²) >= 11 is 0. The maximum absolute atomic E-state index is 11.7. The summed E-state index contributed by atoms with van der Waals surface area (Å²) in [7, 11) is 0. The number of imide groups is 1. The van der Waals surface area contributed by atoms with Crippen molar-refractivity contribution in [2.24, 2.45) is 0 Å². The molecule has 1 aliphatic heterocycles. The molecule has 0 radical (unpaired) electrons. The van der Waals surface area contributed by atoms with Crippen LogP contribution in [0.1, 0.15) is 6.92 Å². The van der Waals surface area contributed by atoms with E-state index < -0.39 is 22.9 Å². The molecule has 0 bridgehead atoms. The summed E-state index contributed by atoms with van der Waals surface area (Å²) in [5.41, 5.74) is 0.0358. The molecule has 0 aromatic heterocycles. The second-order valence-electron chi connectivity index (χ2n) is 3.62. The first-order valence-electron chi connectivity index (χ1n) is 4.89. The zero-order chi connectivity index (χ0) is 12.6. The highest BCUT2D eigenvalue weighted by atomic mass is 16.6. The van der Waals surface area contributed by atoms with Crippen molar-refractivity contribution in [3.63, 3.8) is 0 Å². The molecule has 7 heteroatoms. The molecule has 0 saturated carbocycles. The van der Waals surface area contributed by atoms with Gasteiger partial charge < -0.3 is 5.32 Å². The maximum atomic E-state index is 11.7. The van der Waals surface area contributed by atoms with Gasteiger partial charge in [0.15, 0.2) is 0 Å². The third-order valence-corrected chi connectivity index (χ3v) is 2.43. The minimum absolute atomic E-state index is 0.164. The van der Waals surface area contributed by atoms with Gasteiger partial charge in [-0.25, -0.2) is 9.69 Å². The Labute approximate surface area is 96.2 Å². The summed E-state index contributed by atoms with van der Waals surface area (Å²) in [4.78, 5) is 34.1. The standard InChI is InChI=1S/C10H9N3O4/c1-6-9(14)12(10(15)11-6)7-3-2-4-8(5-7)13(16)17/h2-6H,1H3,(H,11,15)/t6-/m1/s1. The number of hydrogen-bond acceptors (Lipinski definition) is 4. The number of amides is 3. The van der Waals surface area contributed by atoms with Gasteiger partial charge in [0, 0.05) is 12.1 Å². The van der Waals surface area contributed by atoms with E-state index in [9.17, 15) is 19.7 Å². The van der Waals surface area contributed by atoms with Crippen molar-refractivity contribution >= 4 is 23.3 Å². The van der Waals surface area contributed by atoms with Gasteiger partial charge in [0.2, 0.25) is 0 Å². The van der Waals surface area contributed by atoms with Crippen LogP contribution in [-0.2, 0) is 4.79 Å². The monoisotopic (exact) mass is 235 g/mol. The third kappa shape index (κ3) is 1.82. The number of nitro benzene ring substituents is 1. The molecule has 0 spiro atoms. The average Bonchev–Trinajstić information content (AvgIpc) is 2.53. The summed E-state index contributed by atoms with van der Waals surface area (Å²) < 4.78 is 0. The molecule has 3 amide bonds. The van der Waals surface area contributed by atoms with Gasteiger partial charge in [0.25, 0.3) is 11.6 Å². The summed E-state index contributed by atoms with van der Waals surface area (Å²) in [6.45, 7) is 1.55. The Hall–Kier alpha value is -2.44. The van der Waals surface area contributed by atoms with Gasteiger partial charge in [-0.05, 0) is 13.0 Å². The Morgan fingerprint density at radius 2 is 2.12 bits per heavy atom. The number of benzene rings is 1. The van der Waals surface area contributed by atoms with Crippen LogP contribution in [0.25, 0.3) is 0 Å². The number of hydrogen-bond donors (Lipinski definition) is 1. The van der Waals surface area contributed by atoms with Gasteiger partial charge in [0.05, 0.1) is 10.6 Å². The first-order chi connectivity index (χ1) is 8.00. The molecule has 88 valence electrons. The van der Waals surface area contributed by atoms with Gasteiger partial charge in [0.1, 0.15) is 6.04 Å². The van der Waals surface area contributed by atoms with E-state index in [0.29, 0.717) is 0 Å². The lowest BCUT2D eigenvalue weighted by molar-refractivity contribution is -0.384. The fourth-order valence-corrected chi connectivity index (χ4v) is 1.60. The van der Waals surface area contributed by atoms with Crippen LogP contribution >= 0.6 is 0 Å². The molecule has 7 nitrogen and oxygen atoms in total. The lowest BCUT2D eigenvalue weighted by Crippen LogP contribution is -2.30. The SMILES string of the molecule is C[C@H]1NC(=O)N(c2cccc([N+](=O)[O-])c2)C1=O. The number of non-ortho nitro benzene ring substituents is 1. The van der Waals surface area contributed by atoms with Crippen molar-refractivity contribution in [1.29, 1.82) is 0 Å². The van der Waals surface area contributed by atoms with Gasteiger partial charge in [-0.1, -0.05) is 6.07 Å². The summed E-state index contributed by atoms with van der Waals surface area (Å²) in [6, 6.07) is 4.21. The number of nitrogens with one attached hydrogen (secondary N) is 1. The first kappa shape index (κ1) is 11.1. The van der Waals surface area contributed by atoms with Gasteiger partial charge >= 0.3 is 6.03 Å². The minimum atomic E-state index is -0.609. The molecular weight excluding hydrogens is 226 g/mol. The maximum Gasteiger partial charge on any atom is 0.329 e. The summed E-state index contributed by atoms with van der Waals surface area (Å²) in [6.07, 6.45) is 0. The van der Waals surface area contributed by atoms with E-state index in [1.807, 2.05) is 0 Å². The topological polar surface area (TPSA) is 92.6 Å². The van der Waals surface area contributed by atoms with Crippen LogP contribution < -0.4 is 10.2 Å². The van der Waals surface area contributed by atoms with E-state index in [4.69, 9.17) is 0 Å². The van der Waals surface area contributed by atoms with E-state index in [1.165, 1.54) is 24.3 Å². The van der Waals surface area contributed by atoms with Crippen LogP contribution in [-0.4, -0.2) is 22.9 Å². The number of carbonyl (C=O) groups is 2. The predicted molar refractivity (Wildman–Crippen MR) is 58.6 cm³/mol. The predicted octanol–water partition coefficient (Wildman–Crippen LogP) is 1.04. The van der Waals surface area contributed by atoms with Crippen LogP contribution in [0.4, 0.5) is 16.2 Å². The molecular formula is C10H9N3O4. The van der Waals surface area contributed by atoms with Crippen molar-refractivity contribution in [3.8, 4) is 0 Å². The van der Waals surface area contributed by atoms with E-state index in [0.717, 1.165) is 4.90 Å². The lowest BCUT2D eigenvalue weighted by Gasteiger charge is -2.11. The molecule has 1 atom stereocenters. The van der Waals surface area contributed by atoms with E-state index in [1.54, 1.807) is 6.92 Å². The molecule has 0 unspecified atom stereocenters. The highest BCUT2D eigenvalue weighted by molar-refractivity contribution is 6.21. The molecule has 1 saturated heterocycles. The molecule has 1 heterocycles. The smallest absolute Gasteiger partial charge is 0.326 e. The van der Waals surface area contributed by atoms with Gasteiger partial charge in [-0.3, -0.25) is 14.9 Å². The lowest BCUT2D eigenvalue weighted by atomic mass is 10.2. The molecule has 0 aliphatic carbocycles. The first-order valence-corrected chi connectivity index (χ1v) is 4.89. The van der Waals surface area contributed by atoms with Crippen molar-refractivity contribution in [2.45, 2.75) is 13.0 Å². The van der Waals surface area contributed by atoms with Crippen molar-refractivity contribution < 1.29 is 14.5 Å². The zero-order valence-corrected chi connectivity index (χ0v) is 8.91. The number of carbonyl (C=O) groups excluding carboxylic acids is 2. The largest absolute Gasteiger partial charge is 0.329 e. The zero-order valence-electron chi connectivity index (χ0n) is 8.91. The summed E-state index contributed by atoms with van der Waals surface area (Å²) in [5.74, 6) is -0.421. The summed E-state index contributed by atoms with van der Waals surface area (Å²) in [5, 5.41) is 13.0. The van der Waals surface area contributed by atoms with E-state index >= 15 is 0 Å². The molecule has 1 aromatic carbocycles. The van der Waals surface area contributed by atoms with Crippen molar-refractivity contribution in [3.05, 3.63) is 34.4 Å². The van der Waals surface area contributed by atoms with Crippen LogP contribution in [0.15, 0.2) is 24.3 Å². The Bertz CT molecular complexity index is 514. The second kappa shape index (κ2) is 3.85. The highest BCUT2D eigenvalue weighted by Gasteiger charge is 2.36. The van der Waals surface area contributed by atoms with Crippen molar-refractivity contribution in [1.82, 2.24) is 5.32 Å². The Morgan fingerprint density at radius 1 is 1.41 bits per heavy atom. The molecule has 1 aliphatic rings.